The van der Waals surface area contributed by atoms with Crippen molar-refractivity contribution < 1.29 is 0 Å². The molecular weight excluding hydrogens is 345 g/mol. The SMILES string of the molecule is CC(C)NCc1ccc(Cl)cc1Sc1cc(Cl)ccc1Cl. The lowest BCUT2D eigenvalue weighted by Gasteiger charge is -2.13. The van der Waals surface area contributed by atoms with Crippen molar-refractivity contribution in [3.8, 4) is 0 Å². The zero-order chi connectivity index (χ0) is 15.4. The largest absolute Gasteiger partial charge is 0.310 e. The Morgan fingerprint density at radius 2 is 1.57 bits per heavy atom. The minimum Gasteiger partial charge on any atom is -0.310 e. The molecular formula is C16H16Cl3NS. The van der Waals surface area contributed by atoms with E-state index in [0.717, 1.165) is 16.3 Å². The molecule has 0 heterocycles. The van der Waals surface area contributed by atoms with E-state index >= 15 is 0 Å². The Labute approximate surface area is 145 Å². The quantitative estimate of drug-likeness (QED) is 0.672. The number of nitrogens with one attached hydrogen (secondary N) is 1. The highest BCUT2D eigenvalue weighted by molar-refractivity contribution is 7.99. The normalized spacial score (nSPS) is 11.1. The van der Waals surface area contributed by atoms with Gasteiger partial charge in [0.25, 0.3) is 0 Å². The van der Waals surface area contributed by atoms with Crippen LogP contribution < -0.4 is 5.32 Å². The van der Waals surface area contributed by atoms with Gasteiger partial charge in [-0.3, -0.25) is 0 Å². The molecule has 2 rings (SSSR count). The summed E-state index contributed by atoms with van der Waals surface area (Å²) in [7, 11) is 0. The van der Waals surface area contributed by atoms with Crippen LogP contribution in [-0.4, -0.2) is 6.04 Å². The maximum atomic E-state index is 6.24. The zero-order valence-electron chi connectivity index (χ0n) is 11.8. The van der Waals surface area contributed by atoms with Crippen molar-refractivity contribution in [3.05, 3.63) is 57.0 Å². The van der Waals surface area contributed by atoms with Crippen LogP contribution in [0.1, 0.15) is 19.4 Å². The first-order valence-corrected chi connectivity index (χ1v) is 8.55. The third kappa shape index (κ3) is 5.08. The van der Waals surface area contributed by atoms with Crippen LogP contribution in [0.25, 0.3) is 0 Å². The Bertz CT molecular complexity index is 629. The van der Waals surface area contributed by atoms with Gasteiger partial charge in [-0.2, -0.15) is 0 Å². The fourth-order valence-electron chi connectivity index (χ4n) is 1.76. The molecule has 2 aromatic carbocycles. The Morgan fingerprint density at radius 1 is 0.952 bits per heavy atom. The molecule has 0 radical (unpaired) electrons. The lowest BCUT2D eigenvalue weighted by Crippen LogP contribution is -2.22. The second-order valence-corrected chi connectivity index (χ2v) is 7.33. The smallest absolute Gasteiger partial charge is 0.0546 e. The Morgan fingerprint density at radius 3 is 2.24 bits per heavy atom. The summed E-state index contributed by atoms with van der Waals surface area (Å²) in [6, 6.07) is 11.8. The molecule has 112 valence electrons. The maximum absolute atomic E-state index is 6.24. The van der Waals surface area contributed by atoms with Crippen LogP contribution in [0.5, 0.6) is 0 Å². The van der Waals surface area contributed by atoms with Gasteiger partial charge in [0.2, 0.25) is 0 Å². The minimum absolute atomic E-state index is 0.424. The highest BCUT2D eigenvalue weighted by Gasteiger charge is 2.09. The second kappa shape index (κ2) is 7.75. The van der Waals surface area contributed by atoms with Crippen LogP contribution in [0.15, 0.2) is 46.2 Å². The van der Waals surface area contributed by atoms with Gasteiger partial charge in [-0.25, -0.2) is 0 Å². The molecule has 0 spiro atoms. The predicted molar refractivity (Wildman–Crippen MR) is 94.0 cm³/mol. The lowest BCUT2D eigenvalue weighted by atomic mass is 10.2. The van der Waals surface area contributed by atoms with Gasteiger partial charge >= 0.3 is 0 Å². The fraction of sp³-hybridized carbons (Fsp3) is 0.250. The monoisotopic (exact) mass is 359 g/mol. The molecule has 0 aliphatic heterocycles. The molecule has 5 heteroatoms. The molecule has 0 atom stereocenters. The average molecular weight is 361 g/mol. The first kappa shape index (κ1) is 17.0. The summed E-state index contributed by atoms with van der Waals surface area (Å²) in [5, 5.41) is 5.49. The van der Waals surface area contributed by atoms with Crippen LogP contribution >= 0.6 is 46.6 Å². The van der Waals surface area contributed by atoms with Gasteiger partial charge in [0.1, 0.15) is 0 Å². The van der Waals surface area contributed by atoms with E-state index in [1.54, 1.807) is 17.8 Å². The summed E-state index contributed by atoms with van der Waals surface area (Å²) in [4.78, 5) is 2.01. The molecule has 0 fully saturated rings. The lowest BCUT2D eigenvalue weighted by molar-refractivity contribution is 0.585. The molecule has 0 aliphatic carbocycles. The van der Waals surface area contributed by atoms with Crippen LogP contribution in [0.2, 0.25) is 15.1 Å². The summed E-state index contributed by atoms with van der Waals surface area (Å²) in [6.07, 6.45) is 0. The van der Waals surface area contributed by atoms with E-state index in [0.29, 0.717) is 21.1 Å². The van der Waals surface area contributed by atoms with Crippen LogP contribution in [0.3, 0.4) is 0 Å². The van der Waals surface area contributed by atoms with Crippen molar-refractivity contribution in [2.24, 2.45) is 0 Å². The van der Waals surface area contributed by atoms with Gasteiger partial charge in [-0.05, 0) is 35.9 Å². The fourth-order valence-corrected chi connectivity index (χ4v) is 3.51. The molecule has 0 aromatic heterocycles. The topological polar surface area (TPSA) is 12.0 Å². The van der Waals surface area contributed by atoms with Gasteiger partial charge in [0.05, 0.1) is 5.02 Å². The summed E-state index contributed by atoms with van der Waals surface area (Å²) < 4.78 is 0. The molecule has 1 nitrogen and oxygen atoms in total. The van der Waals surface area contributed by atoms with Crippen molar-refractivity contribution in [1.29, 1.82) is 0 Å². The standard InChI is InChI=1S/C16H16Cl3NS/c1-10(2)20-9-11-3-4-12(17)7-15(11)21-16-8-13(18)5-6-14(16)19/h3-8,10,20H,9H2,1-2H3. The molecule has 0 saturated heterocycles. The molecule has 0 aliphatic rings. The number of benzene rings is 2. The summed E-state index contributed by atoms with van der Waals surface area (Å²) in [5.41, 5.74) is 1.19. The van der Waals surface area contributed by atoms with Crippen LogP contribution in [0, 0.1) is 0 Å². The van der Waals surface area contributed by atoms with Crippen LogP contribution in [-0.2, 0) is 6.54 Å². The van der Waals surface area contributed by atoms with E-state index in [2.05, 4.69) is 19.2 Å². The number of halogens is 3. The molecule has 1 N–H and O–H groups in total. The zero-order valence-corrected chi connectivity index (χ0v) is 14.9. The second-order valence-electron chi connectivity index (χ2n) is 4.96. The molecule has 2 aromatic rings. The minimum atomic E-state index is 0.424. The van der Waals surface area contributed by atoms with E-state index in [4.69, 9.17) is 34.8 Å². The first-order chi connectivity index (χ1) is 9.95. The van der Waals surface area contributed by atoms with Gasteiger partial charge in [0, 0.05) is 32.4 Å². The number of rotatable bonds is 5. The van der Waals surface area contributed by atoms with Gasteiger partial charge in [0.15, 0.2) is 0 Å². The summed E-state index contributed by atoms with van der Waals surface area (Å²) in [5.74, 6) is 0. The van der Waals surface area contributed by atoms with Crippen molar-refractivity contribution in [3.63, 3.8) is 0 Å². The van der Waals surface area contributed by atoms with E-state index in [1.165, 1.54) is 5.56 Å². The Kier molecular flexibility index (Phi) is 6.27. The Balaban J connectivity index is 2.29. The molecule has 21 heavy (non-hydrogen) atoms. The molecule has 0 unspecified atom stereocenters. The summed E-state index contributed by atoms with van der Waals surface area (Å²) in [6.45, 7) is 5.03. The highest BCUT2D eigenvalue weighted by Crippen LogP contribution is 2.37. The van der Waals surface area contributed by atoms with Gasteiger partial charge in [-0.1, -0.05) is 66.5 Å². The van der Waals surface area contributed by atoms with Crippen molar-refractivity contribution >= 4 is 46.6 Å². The molecule has 0 amide bonds. The first-order valence-electron chi connectivity index (χ1n) is 6.60. The Hall–Kier alpha value is -0.380. The number of hydrogen-bond donors (Lipinski definition) is 1. The van der Waals surface area contributed by atoms with E-state index in [-0.39, 0.29) is 0 Å². The van der Waals surface area contributed by atoms with Gasteiger partial charge < -0.3 is 5.32 Å². The maximum Gasteiger partial charge on any atom is 0.0546 e. The van der Waals surface area contributed by atoms with Crippen molar-refractivity contribution in [1.82, 2.24) is 5.32 Å². The van der Waals surface area contributed by atoms with Crippen LogP contribution in [0.4, 0.5) is 0 Å². The average Bonchev–Trinajstić information content (AvgIpc) is 2.42. The highest BCUT2D eigenvalue weighted by atomic mass is 35.5. The number of hydrogen-bond acceptors (Lipinski definition) is 2. The van der Waals surface area contributed by atoms with Crippen molar-refractivity contribution in [2.75, 3.05) is 0 Å². The van der Waals surface area contributed by atoms with Gasteiger partial charge in [-0.15, -0.1) is 0 Å². The predicted octanol–water partition coefficient (Wildman–Crippen LogP) is 6.30. The van der Waals surface area contributed by atoms with E-state index in [9.17, 15) is 0 Å². The molecule has 0 bridgehead atoms. The third-order valence-electron chi connectivity index (χ3n) is 2.84. The van der Waals surface area contributed by atoms with E-state index < -0.39 is 0 Å². The van der Waals surface area contributed by atoms with E-state index in [1.807, 2.05) is 30.3 Å². The summed E-state index contributed by atoms with van der Waals surface area (Å²) >= 11 is 20.0. The third-order valence-corrected chi connectivity index (χ3v) is 4.91. The van der Waals surface area contributed by atoms with Crippen molar-refractivity contribution in [2.45, 2.75) is 36.2 Å². The molecule has 0 saturated carbocycles.